The summed E-state index contributed by atoms with van der Waals surface area (Å²) in [4.78, 5) is 12.0. The van der Waals surface area contributed by atoms with Crippen LogP contribution in [-0.2, 0) is 20.4 Å². The number of carbonyl (C=O) groups is 1. The summed E-state index contributed by atoms with van der Waals surface area (Å²) >= 11 is 0. The molecule has 1 aromatic carbocycles. The fourth-order valence-corrected chi connectivity index (χ4v) is 2.20. The van der Waals surface area contributed by atoms with Crippen LogP contribution in [0.4, 0.5) is 0 Å². The maximum absolute atomic E-state index is 12.0. The highest BCUT2D eigenvalue weighted by atomic mass is 35.5. The highest BCUT2D eigenvalue weighted by Gasteiger charge is 2.29. The van der Waals surface area contributed by atoms with Gasteiger partial charge in [-0.25, -0.2) is 13.1 Å². The van der Waals surface area contributed by atoms with Gasteiger partial charge in [-0.05, 0) is 19.4 Å². The van der Waals surface area contributed by atoms with E-state index in [0.29, 0.717) is 5.56 Å². The third-order valence-electron chi connectivity index (χ3n) is 2.96. The molecule has 8 heteroatoms. The van der Waals surface area contributed by atoms with Crippen molar-refractivity contribution in [3.05, 3.63) is 35.9 Å². The number of hydrogen-bond donors (Lipinski definition) is 3. The summed E-state index contributed by atoms with van der Waals surface area (Å²) in [6, 6.07) is 9.02. The zero-order valence-electron chi connectivity index (χ0n) is 12.1. The van der Waals surface area contributed by atoms with E-state index in [9.17, 15) is 13.2 Å². The predicted molar refractivity (Wildman–Crippen MR) is 85.7 cm³/mol. The molecule has 1 amide bonds. The van der Waals surface area contributed by atoms with Gasteiger partial charge in [0.15, 0.2) is 0 Å². The number of benzene rings is 1. The summed E-state index contributed by atoms with van der Waals surface area (Å²) in [5.74, 6) is -0.334. The molecule has 6 nitrogen and oxygen atoms in total. The van der Waals surface area contributed by atoms with E-state index in [4.69, 9.17) is 5.73 Å². The van der Waals surface area contributed by atoms with Crippen molar-refractivity contribution in [3.63, 3.8) is 0 Å². The molecule has 0 radical (unpaired) electrons. The van der Waals surface area contributed by atoms with Gasteiger partial charge in [0, 0.05) is 13.1 Å². The Balaban J connectivity index is 0.00000400. The molecule has 0 aliphatic carbocycles. The molecule has 21 heavy (non-hydrogen) atoms. The quantitative estimate of drug-likeness (QED) is 0.625. The number of nitrogens with two attached hydrogens (primary N) is 1. The van der Waals surface area contributed by atoms with Gasteiger partial charge >= 0.3 is 0 Å². The highest BCUT2D eigenvalue weighted by Crippen LogP contribution is 2.16. The van der Waals surface area contributed by atoms with Crippen LogP contribution in [0.5, 0.6) is 0 Å². The minimum Gasteiger partial charge on any atom is -0.353 e. The standard InChI is InChI=1S/C13H21N3O3S.ClH/c1-3-20(18,19)16-10-9-15-12(17)13(2,14)11-7-5-4-6-8-11;/h4-8,16H,3,9-10,14H2,1-2H3,(H,15,17);1H. The van der Waals surface area contributed by atoms with Gasteiger partial charge in [0.1, 0.15) is 5.54 Å². The van der Waals surface area contributed by atoms with E-state index in [1.54, 1.807) is 26.0 Å². The Labute approximate surface area is 132 Å². The third-order valence-corrected chi connectivity index (χ3v) is 4.36. The predicted octanol–water partition coefficient (Wildman–Crippen LogP) is 0.338. The van der Waals surface area contributed by atoms with Crippen molar-refractivity contribution >= 4 is 28.3 Å². The van der Waals surface area contributed by atoms with Crippen molar-refractivity contribution in [2.45, 2.75) is 19.4 Å². The Morgan fingerprint density at radius 2 is 1.81 bits per heavy atom. The molecule has 0 heterocycles. The molecule has 1 rings (SSSR count). The van der Waals surface area contributed by atoms with E-state index in [1.807, 2.05) is 18.2 Å². The molecular formula is C13H22ClN3O3S. The second kappa shape index (κ2) is 8.33. The first-order valence-electron chi connectivity index (χ1n) is 6.39. The molecule has 120 valence electrons. The average Bonchev–Trinajstić information content (AvgIpc) is 2.44. The Bertz CT molecular complexity index is 547. The molecule has 4 N–H and O–H groups in total. The number of amides is 1. The van der Waals surface area contributed by atoms with Crippen LogP contribution in [0.1, 0.15) is 19.4 Å². The van der Waals surface area contributed by atoms with Crippen molar-refractivity contribution in [3.8, 4) is 0 Å². The second-order valence-corrected chi connectivity index (χ2v) is 6.72. The van der Waals surface area contributed by atoms with Crippen LogP contribution < -0.4 is 15.8 Å². The molecule has 1 aromatic rings. The maximum Gasteiger partial charge on any atom is 0.244 e. The summed E-state index contributed by atoms with van der Waals surface area (Å²) in [7, 11) is -3.24. The largest absolute Gasteiger partial charge is 0.353 e. The van der Waals surface area contributed by atoms with Crippen LogP contribution in [-0.4, -0.2) is 33.2 Å². The number of hydrogen-bond acceptors (Lipinski definition) is 4. The van der Waals surface area contributed by atoms with Crippen LogP contribution in [0.25, 0.3) is 0 Å². The van der Waals surface area contributed by atoms with Crippen LogP contribution in [0.3, 0.4) is 0 Å². The lowest BCUT2D eigenvalue weighted by Gasteiger charge is -2.24. The smallest absolute Gasteiger partial charge is 0.244 e. The molecular weight excluding hydrogens is 314 g/mol. The first-order chi connectivity index (χ1) is 9.29. The fourth-order valence-electron chi connectivity index (χ4n) is 1.58. The summed E-state index contributed by atoms with van der Waals surface area (Å²) in [6.45, 7) is 3.51. The Kier molecular flexibility index (Phi) is 7.87. The van der Waals surface area contributed by atoms with E-state index in [2.05, 4.69) is 10.0 Å². The molecule has 0 aromatic heterocycles. The van der Waals surface area contributed by atoms with Crippen LogP contribution >= 0.6 is 12.4 Å². The Hall–Kier alpha value is -1.15. The third kappa shape index (κ3) is 6.01. The molecule has 0 aliphatic rings. The molecule has 0 bridgehead atoms. The first kappa shape index (κ1) is 19.9. The summed E-state index contributed by atoms with van der Waals surface area (Å²) < 4.78 is 24.8. The fraction of sp³-hybridized carbons (Fsp3) is 0.462. The number of nitrogens with one attached hydrogen (secondary N) is 2. The van der Waals surface area contributed by atoms with Gasteiger partial charge < -0.3 is 11.1 Å². The maximum atomic E-state index is 12.0. The number of halogens is 1. The lowest BCUT2D eigenvalue weighted by Crippen LogP contribution is -2.50. The van der Waals surface area contributed by atoms with Crippen molar-refractivity contribution in [2.75, 3.05) is 18.8 Å². The van der Waals surface area contributed by atoms with Crippen molar-refractivity contribution in [1.82, 2.24) is 10.0 Å². The molecule has 1 unspecified atom stereocenters. The Morgan fingerprint density at radius 1 is 1.24 bits per heavy atom. The van der Waals surface area contributed by atoms with Crippen molar-refractivity contribution in [2.24, 2.45) is 5.73 Å². The van der Waals surface area contributed by atoms with Gasteiger partial charge in [-0.2, -0.15) is 0 Å². The van der Waals surface area contributed by atoms with E-state index >= 15 is 0 Å². The Morgan fingerprint density at radius 3 is 2.33 bits per heavy atom. The van der Waals surface area contributed by atoms with E-state index in [-0.39, 0.29) is 37.2 Å². The molecule has 0 saturated heterocycles. The number of sulfonamides is 1. The second-order valence-electron chi connectivity index (χ2n) is 4.62. The first-order valence-corrected chi connectivity index (χ1v) is 8.05. The van der Waals surface area contributed by atoms with Crippen LogP contribution in [0, 0.1) is 0 Å². The van der Waals surface area contributed by atoms with Gasteiger partial charge in [0.25, 0.3) is 0 Å². The average molecular weight is 336 g/mol. The minimum atomic E-state index is -3.24. The molecule has 0 spiro atoms. The number of carbonyl (C=O) groups excluding carboxylic acids is 1. The lowest BCUT2D eigenvalue weighted by atomic mass is 9.92. The van der Waals surface area contributed by atoms with E-state index < -0.39 is 15.6 Å². The van der Waals surface area contributed by atoms with Gasteiger partial charge in [0.2, 0.25) is 15.9 Å². The number of rotatable bonds is 7. The summed E-state index contributed by atoms with van der Waals surface area (Å²) in [5, 5.41) is 2.63. The summed E-state index contributed by atoms with van der Waals surface area (Å²) in [5.41, 5.74) is 5.58. The molecule has 1 atom stereocenters. The molecule has 0 fully saturated rings. The monoisotopic (exact) mass is 335 g/mol. The molecule has 0 aliphatic heterocycles. The van der Waals surface area contributed by atoms with Gasteiger partial charge in [0.05, 0.1) is 5.75 Å². The zero-order valence-corrected chi connectivity index (χ0v) is 13.8. The SMILES string of the molecule is CCS(=O)(=O)NCCNC(=O)C(C)(N)c1ccccc1.Cl. The van der Waals surface area contributed by atoms with Crippen molar-refractivity contribution in [1.29, 1.82) is 0 Å². The topological polar surface area (TPSA) is 101 Å². The molecule has 0 saturated carbocycles. The van der Waals surface area contributed by atoms with Crippen molar-refractivity contribution < 1.29 is 13.2 Å². The van der Waals surface area contributed by atoms with Crippen LogP contribution in [0.2, 0.25) is 0 Å². The minimum absolute atomic E-state index is 0. The van der Waals surface area contributed by atoms with Gasteiger partial charge in [-0.3, -0.25) is 4.79 Å². The zero-order chi connectivity index (χ0) is 15.2. The van der Waals surface area contributed by atoms with E-state index in [1.165, 1.54) is 0 Å². The van der Waals surface area contributed by atoms with E-state index in [0.717, 1.165) is 0 Å². The van der Waals surface area contributed by atoms with Gasteiger partial charge in [-0.15, -0.1) is 12.4 Å². The normalized spacial score (nSPS) is 13.9. The highest BCUT2D eigenvalue weighted by molar-refractivity contribution is 7.89. The van der Waals surface area contributed by atoms with Crippen LogP contribution in [0.15, 0.2) is 30.3 Å². The van der Waals surface area contributed by atoms with Gasteiger partial charge in [-0.1, -0.05) is 30.3 Å². The summed E-state index contributed by atoms with van der Waals surface area (Å²) in [6.07, 6.45) is 0. The lowest BCUT2D eigenvalue weighted by molar-refractivity contribution is -0.126.